The zero-order valence-corrected chi connectivity index (χ0v) is 17.4. The quantitative estimate of drug-likeness (QED) is 0.706. The highest BCUT2D eigenvalue weighted by Crippen LogP contribution is 2.17. The lowest BCUT2D eigenvalue weighted by molar-refractivity contribution is -0.00224. The fourth-order valence-corrected chi connectivity index (χ4v) is 3.57. The minimum Gasteiger partial charge on any atom is -0.379 e. The number of allylic oxidation sites excluding steroid dienone is 2. The highest BCUT2D eigenvalue weighted by atomic mass is 79.9. The van der Waals surface area contributed by atoms with E-state index in [-0.39, 0.29) is 23.9 Å². The summed E-state index contributed by atoms with van der Waals surface area (Å²) in [5.41, 5.74) is 0.0323. The number of pyridine rings is 1. The topological polar surface area (TPSA) is 61.7 Å². The highest BCUT2D eigenvalue weighted by Gasteiger charge is 2.20. The zero-order chi connectivity index (χ0) is 18.4. The van der Waals surface area contributed by atoms with E-state index >= 15 is 0 Å². The molecule has 1 aromatic rings. The van der Waals surface area contributed by atoms with Crippen LogP contribution in [0.15, 0.2) is 50.4 Å². The maximum atomic E-state index is 11.5. The number of rotatable bonds is 3. The van der Waals surface area contributed by atoms with E-state index in [1.54, 1.807) is 10.6 Å². The molecule has 0 amide bonds. The summed E-state index contributed by atoms with van der Waals surface area (Å²) < 4.78 is 19.8. The fraction of sp³-hybridized carbons (Fsp3) is 0.500. The maximum Gasteiger partial charge on any atom is 0.251 e. The van der Waals surface area contributed by atoms with Gasteiger partial charge in [-0.25, -0.2) is 0 Å². The van der Waals surface area contributed by atoms with Crippen molar-refractivity contribution < 1.29 is 14.2 Å². The van der Waals surface area contributed by atoms with Crippen LogP contribution < -0.4 is 10.9 Å². The molecule has 26 heavy (non-hydrogen) atoms. The Morgan fingerprint density at radius 2 is 2.00 bits per heavy atom. The molecule has 0 aromatic carbocycles. The fourth-order valence-electron chi connectivity index (χ4n) is 2.89. The third-order valence-corrected chi connectivity index (χ3v) is 5.27. The molecule has 0 radical (unpaired) electrons. The Bertz CT molecular complexity index is 707. The molecule has 1 unspecified atom stereocenters. The lowest BCUT2D eigenvalue weighted by Crippen LogP contribution is -2.32. The van der Waals surface area contributed by atoms with Gasteiger partial charge in [0.1, 0.15) is 6.23 Å². The van der Waals surface area contributed by atoms with E-state index in [0.29, 0.717) is 13.2 Å². The first kappa shape index (κ1) is 19.8. The van der Waals surface area contributed by atoms with Crippen molar-refractivity contribution in [1.29, 1.82) is 0 Å². The van der Waals surface area contributed by atoms with Crippen molar-refractivity contribution in [2.75, 3.05) is 26.4 Å². The largest absolute Gasteiger partial charge is 0.379 e. The second kappa shape index (κ2) is 9.85. The molecule has 2 saturated heterocycles. The van der Waals surface area contributed by atoms with Crippen LogP contribution in [0.4, 0.5) is 0 Å². The van der Waals surface area contributed by atoms with E-state index in [4.69, 9.17) is 14.2 Å². The second-order valence-corrected chi connectivity index (χ2v) is 8.03. The van der Waals surface area contributed by atoms with Crippen molar-refractivity contribution in [2.45, 2.75) is 31.2 Å². The number of nitrogens with one attached hydrogen (secondary N) is 1. The Hall–Kier alpha value is -0.930. The van der Waals surface area contributed by atoms with Gasteiger partial charge in [-0.3, -0.25) is 4.79 Å². The Labute approximate surface area is 169 Å². The van der Waals surface area contributed by atoms with E-state index in [1.165, 1.54) is 0 Å². The Morgan fingerprint density at radius 3 is 2.65 bits per heavy atom. The number of hydrogen-bond acceptors (Lipinski definition) is 5. The molecule has 3 aliphatic heterocycles. The zero-order valence-electron chi connectivity index (χ0n) is 14.3. The molecule has 8 heteroatoms. The summed E-state index contributed by atoms with van der Waals surface area (Å²) in [6.45, 7) is 2.94. The molecule has 0 bridgehead atoms. The normalized spacial score (nSPS) is 27.5. The minimum atomic E-state index is -0.0222. The standard InChI is InChI=1S/C9H12BrNO2.C9H10BrNO2/c10-7-1-3-11-9(5-7)13-8-2-4-12-6-8;10-7-1-3-11(9(12)5-7)8-2-4-13-6-8/h1,3,5,8-9,11H,2,4,6H2;1,3,5,8H,2,4,6H2/t8-,9?;8-/m00/s1. The SMILES string of the molecule is BrC1=CC(O[C@H]2CCOC2)NC=C1.O=c1cc(Br)ccn1[C@H]1CCOC1. The molecular formula is C18H22Br2N2O4. The van der Waals surface area contributed by atoms with Crippen LogP contribution in [-0.2, 0) is 14.2 Å². The molecule has 1 aromatic heterocycles. The van der Waals surface area contributed by atoms with Crippen LogP contribution in [0.1, 0.15) is 18.9 Å². The number of aromatic nitrogens is 1. The van der Waals surface area contributed by atoms with Gasteiger partial charge in [-0.1, -0.05) is 31.9 Å². The Morgan fingerprint density at radius 1 is 1.19 bits per heavy atom. The summed E-state index contributed by atoms with van der Waals surface area (Å²) >= 11 is 6.66. The molecule has 0 aliphatic carbocycles. The van der Waals surface area contributed by atoms with Crippen molar-refractivity contribution >= 4 is 31.9 Å². The monoisotopic (exact) mass is 488 g/mol. The van der Waals surface area contributed by atoms with Gasteiger partial charge in [-0.2, -0.15) is 0 Å². The Balaban J connectivity index is 0.000000151. The first-order valence-electron chi connectivity index (χ1n) is 8.60. The van der Waals surface area contributed by atoms with Gasteiger partial charge in [0.05, 0.1) is 25.4 Å². The minimum absolute atomic E-state index is 0.0222. The lowest BCUT2D eigenvalue weighted by atomic mass is 10.2. The van der Waals surface area contributed by atoms with Crippen LogP contribution >= 0.6 is 31.9 Å². The second-order valence-electron chi connectivity index (χ2n) is 6.20. The van der Waals surface area contributed by atoms with Gasteiger partial charge in [0.25, 0.3) is 5.56 Å². The van der Waals surface area contributed by atoms with Crippen molar-refractivity contribution in [3.05, 3.63) is 56.0 Å². The Kier molecular flexibility index (Phi) is 7.51. The number of halogens is 2. The third kappa shape index (κ3) is 5.79. The van der Waals surface area contributed by atoms with E-state index in [9.17, 15) is 4.79 Å². The molecule has 4 heterocycles. The smallest absolute Gasteiger partial charge is 0.251 e. The lowest BCUT2D eigenvalue weighted by Gasteiger charge is -2.21. The summed E-state index contributed by atoms with van der Waals surface area (Å²) in [7, 11) is 0. The molecule has 3 atom stereocenters. The summed E-state index contributed by atoms with van der Waals surface area (Å²) in [6, 6.07) is 3.68. The van der Waals surface area contributed by atoms with Crippen molar-refractivity contribution in [3.8, 4) is 0 Å². The molecule has 1 N–H and O–H groups in total. The van der Waals surface area contributed by atoms with E-state index in [2.05, 4.69) is 37.2 Å². The van der Waals surface area contributed by atoms with Gasteiger partial charge in [-0.05, 0) is 37.3 Å². The molecule has 142 valence electrons. The van der Waals surface area contributed by atoms with Crippen LogP contribution in [0.5, 0.6) is 0 Å². The average molecular weight is 490 g/mol. The molecule has 3 aliphatic rings. The van der Waals surface area contributed by atoms with Crippen LogP contribution in [0, 0.1) is 0 Å². The van der Waals surface area contributed by atoms with E-state index in [0.717, 1.165) is 35.0 Å². The van der Waals surface area contributed by atoms with Crippen molar-refractivity contribution in [1.82, 2.24) is 9.88 Å². The molecule has 4 rings (SSSR count). The summed E-state index contributed by atoms with van der Waals surface area (Å²) in [6.07, 6.45) is 9.78. The molecule has 2 fully saturated rings. The van der Waals surface area contributed by atoms with Gasteiger partial charge in [0.2, 0.25) is 0 Å². The highest BCUT2D eigenvalue weighted by molar-refractivity contribution is 9.12. The predicted octanol–water partition coefficient (Wildman–Crippen LogP) is 3.09. The predicted molar refractivity (Wildman–Crippen MR) is 106 cm³/mol. The summed E-state index contributed by atoms with van der Waals surface area (Å²) in [5, 5.41) is 3.11. The van der Waals surface area contributed by atoms with Gasteiger partial charge in [0, 0.05) is 34.4 Å². The van der Waals surface area contributed by atoms with Gasteiger partial charge in [-0.15, -0.1) is 0 Å². The molecule has 0 saturated carbocycles. The van der Waals surface area contributed by atoms with Crippen molar-refractivity contribution in [3.63, 3.8) is 0 Å². The summed E-state index contributed by atoms with van der Waals surface area (Å²) in [5.74, 6) is 0. The first-order valence-corrected chi connectivity index (χ1v) is 10.2. The first-order chi connectivity index (χ1) is 12.6. The van der Waals surface area contributed by atoms with Crippen molar-refractivity contribution in [2.24, 2.45) is 0 Å². The van der Waals surface area contributed by atoms with E-state index < -0.39 is 0 Å². The number of nitrogens with zero attached hydrogens (tertiary/aromatic N) is 1. The summed E-state index contributed by atoms with van der Waals surface area (Å²) in [4.78, 5) is 11.5. The third-order valence-electron chi connectivity index (χ3n) is 4.25. The van der Waals surface area contributed by atoms with Crippen LogP contribution in [0.25, 0.3) is 0 Å². The van der Waals surface area contributed by atoms with Gasteiger partial charge >= 0.3 is 0 Å². The molecular weight excluding hydrogens is 468 g/mol. The average Bonchev–Trinajstić information content (AvgIpc) is 3.29. The number of dihydropyridines is 1. The van der Waals surface area contributed by atoms with Gasteiger partial charge in [0.15, 0.2) is 0 Å². The molecule has 6 nitrogen and oxygen atoms in total. The van der Waals surface area contributed by atoms with Crippen LogP contribution in [0.2, 0.25) is 0 Å². The maximum absolute atomic E-state index is 11.5. The number of ether oxygens (including phenoxy) is 3. The van der Waals surface area contributed by atoms with Crippen LogP contribution in [-0.4, -0.2) is 43.3 Å². The van der Waals surface area contributed by atoms with Crippen LogP contribution in [0.3, 0.4) is 0 Å². The molecule has 0 spiro atoms. The van der Waals surface area contributed by atoms with Gasteiger partial charge < -0.3 is 24.1 Å². The van der Waals surface area contributed by atoms with E-state index in [1.807, 2.05) is 30.6 Å². The number of hydrogen-bond donors (Lipinski definition) is 1.